The molecule has 0 spiro atoms. The van der Waals surface area contributed by atoms with Gasteiger partial charge in [-0.15, -0.1) is 0 Å². The van der Waals surface area contributed by atoms with Gasteiger partial charge in [-0.1, -0.05) is 35.9 Å². The van der Waals surface area contributed by atoms with Gasteiger partial charge in [-0.3, -0.25) is 0 Å². The molecule has 0 aliphatic heterocycles. The minimum absolute atomic E-state index is 0.211. The summed E-state index contributed by atoms with van der Waals surface area (Å²) in [7, 11) is 0. The van der Waals surface area contributed by atoms with E-state index in [0.717, 1.165) is 5.56 Å². The summed E-state index contributed by atoms with van der Waals surface area (Å²) in [5, 5.41) is 3.82. The summed E-state index contributed by atoms with van der Waals surface area (Å²) >= 11 is 5.84. The Bertz CT molecular complexity index is 548. The predicted molar refractivity (Wildman–Crippen MR) is 77.8 cm³/mol. The van der Waals surface area contributed by atoms with E-state index in [1.807, 2.05) is 12.1 Å². The van der Waals surface area contributed by atoms with Crippen LogP contribution in [0.1, 0.15) is 29.7 Å². The van der Waals surface area contributed by atoms with E-state index in [9.17, 15) is 4.39 Å². The Balaban J connectivity index is 2.04. The van der Waals surface area contributed by atoms with Crippen molar-refractivity contribution >= 4 is 11.6 Å². The maximum atomic E-state index is 13.2. The van der Waals surface area contributed by atoms with Crippen LogP contribution in [0.3, 0.4) is 0 Å². The van der Waals surface area contributed by atoms with Gasteiger partial charge in [-0.2, -0.15) is 0 Å². The highest BCUT2D eigenvalue weighted by Gasteiger charge is 2.07. The molecule has 0 aliphatic carbocycles. The first-order chi connectivity index (χ1) is 9.06. The largest absolute Gasteiger partial charge is 0.306 e. The third kappa shape index (κ3) is 3.79. The fourth-order valence-corrected chi connectivity index (χ4v) is 2.41. The first-order valence-corrected chi connectivity index (χ1v) is 6.68. The lowest BCUT2D eigenvalue weighted by atomic mass is 10.0. The molecule has 0 aromatic heterocycles. The Morgan fingerprint density at radius 3 is 2.63 bits per heavy atom. The molecule has 2 aromatic rings. The van der Waals surface area contributed by atoms with Crippen LogP contribution >= 0.6 is 11.6 Å². The van der Waals surface area contributed by atoms with Crippen molar-refractivity contribution in [1.29, 1.82) is 0 Å². The van der Waals surface area contributed by atoms with Crippen molar-refractivity contribution in [1.82, 2.24) is 5.32 Å². The number of nitrogens with one attached hydrogen (secondary N) is 1. The van der Waals surface area contributed by atoms with E-state index in [0.29, 0.717) is 11.6 Å². The topological polar surface area (TPSA) is 12.0 Å². The van der Waals surface area contributed by atoms with E-state index < -0.39 is 0 Å². The smallest absolute Gasteiger partial charge is 0.125 e. The summed E-state index contributed by atoms with van der Waals surface area (Å²) in [6.07, 6.45) is 0. The van der Waals surface area contributed by atoms with Gasteiger partial charge >= 0.3 is 0 Å². The maximum absolute atomic E-state index is 13.2. The molecule has 0 saturated heterocycles. The molecule has 1 unspecified atom stereocenters. The van der Waals surface area contributed by atoms with Crippen LogP contribution in [-0.2, 0) is 6.54 Å². The zero-order chi connectivity index (χ0) is 13.8. The average molecular weight is 278 g/mol. The molecule has 0 heterocycles. The Kier molecular flexibility index (Phi) is 4.56. The molecule has 2 rings (SSSR count). The minimum Gasteiger partial charge on any atom is -0.306 e. The highest BCUT2D eigenvalue weighted by Crippen LogP contribution is 2.18. The summed E-state index contributed by atoms with van der Waals surface area (Å²) in [6.45, 7) is 4.78. The van der Waals surface area contributed by atoms with E-state index in [-0.39, 0.29) is 11.9 Å². The van der Waals surface area contributed by atoms with Crippen molar-refractivity contribution < 1.29 is 4.39 Å². The molecular weight excluding hydrogens is 261 g/mol. The molecule has 19 heavy (non-hydrogen) atoms. The van der Waals surface area contributed by atoms with Crippen molar-refractivity contribution in [2.75, 3.05) is 0 Å². The first kappa shape index (κ1) is 14.0. The number of aryl methyl sites for hydroxylation is 1. The normalized spacial score (nSPS) is 12.4. The molecule has 0 amide bonds. The second-order valence-electron chi connectivity index (χ2n) is 4.74. The van der Waals surface area contributed by atoms with E-state index in [1.165, 1.54) is 23.3 Å². The first-order valence-electron chi connectivity index (χ1n) is 6.30. The van der Waals surface area contributed by atoms with Gasteiger partial charge in [-0.25, -0.2) is 4.39 Å². The van der Waals surface area contributed by atoms with Crippen LogP contribution in [0.2, 0.25) is 5.02 Å². The molecule has 1 nitrogen and oxygen atoms in total. The lowest BCUT2D eigenvalue weighted by Crippen LogP contribution is -2.19. The second kappa shape index (κ2) is 6.18. The second-order valence-corrected chi connectivity index (χ2v) is 5.17. The molecule has 0 saturated carbocycles. The maximum Gasteiger partial charge on any atom is 0.125 e. The van der Waals surface area contributed by atoms with Crippen molar-refractivity contribution in [2.24, 2.45) is 0 Å². The van der Waals surface area contributed by atoms with E-state index in [1.54, 1.807) is 6.07 Å². The Morgan fingerprint density at radius 2 is 1.95 bits per heavy atom. The van der Waals surface area contributed by atoms with Gasteiger partial charge in [0, 0.05) is 17.6 Å². The molecule has 1 N–H and O–H groups in total. The van der Waals surface area contributed by atoms with Crippen molar-refractivity contribution in [2.45, 2.75) is 26.4 Å². The van der Waals surface area contributed by atoms with Crippen LogP contribution in [0.15, 0.2) is 42.5 Å². The zero-order valence-electron chi connectivity index (χ0n) is 11.1. The number of benzene rings is 2. The SMILES string of the molecule is Cc1ccccc1C(C)NCc1cc(F)cc(Cl)c1. The molecule has 0 radical (unpaired) electrons. The highest BCUT2D eigenvalue weighted by atomic mass is 35.5. The van der Waals surface area contributed by atoms with Gasteiger partial charge in [0.05, 0.1) is 0 Å². The lowest BCUT2D eigenvalue weighted by Gasteiger charge is -2.16. The third-order valence-corrected chi connectivity index (χ3v) is 3.41. The van der Waals surface area contributed by atoms with E-state index in [4.69, 9.17) is 11.6 Å². The van der Waals surface area contributed by atoms with Crippen LogP contribution < -0.4 is 5.32 Å². The molecule has 0 fully saturated rings. The summed E-state index contributed by atoms with van der Waals surface area (Å²) in [6, 6.07) is 13.1. The zero-order valence-corrected chi connectivity index (χ0v) is 11.8. The number of hydrogen-bond acceptors (Lipinski definition) is 1. The average Bonchev–Trinajstić information content (AvgIpc) is 2.35. The van der Waals surface area contributed by atoms with Gasteiger partial charge in [0.15, 0.2) is 0 Å². The number of halogens is 2. The van der Waals surface area contributed by atoms with Gasteiger partial charge in [0.2, 0.25) is 0 Å². The van der Waals surface area contributed by atoms with E-state index in [2.05, 4.69) is 31.3 Å². The summed E-state index contributed by atoms with van der Waals surface area (Å²) in [5.74, 6) is -0.298. The van der Waals surface area contributed by atoms with Crippen molar-refractivity contribution in [3.8, 4) is 0 Å². The number of hydrogen-bond donors (Lipinski definition) is 1. The summed E-state index contributed by atoms with van der Waals surface area (Å²) in [4.78, 5) is 0. The summed E-state index contributed by atoms with van der Waals surface area (Å²) in [5.41, 5.74) is 3.36. The van der Waals surface area contributed by atoms with Crippen LogP contribution in [0.5, 0.6) is 0 Å². The highest BCUT2D eigenvalue weighted by molar-refractivity contribution is 6.30. The fraction of sp³-hybridized carbons (Fsp3) is 0.250. The van der Waals surface area contributed by atoms with Crippen molar-refractivity contribution in [3.05, 3.63) is 70.0 Å². The molecule has 0 bridgehead atoms. The van der Waals surface area contributed by atoms with Crippen LogP contribution in [0.4, 0.5) is 4.39 Å². The minimum atomic E-state index is -0.298. The number of rotatable bonds is 4. The van der Waals surface area contributed by atoms with Gasteiger partial charge in [0.1, 0.15) is 5.82 Å². The fourth-order valence-electron chi connectivity index (χ4n) is 2.17. The molecular formula is C16H17ClFN. The monoisotopic (exact) mass is 277 g/mol. The summed E-state index contributed by atoms with van der Waals surface area (Å²) < 4.78 is 13.2. The molecule has 3 heteroatoms. The Morgan fingerprint density at radius 1 is 1.21 bits per heavy atom. The van der Waals surface area contributed by atoms with Crippen LogP contribution in [0.25, 0.3) is 0 Å². The van der Waals surface area contributed by atoms with E-state index >= 15 is 0 Å². The van der Waals surface area contributed by atoms with Gasteiger partial charge in [-0.05, 0) is 48.7 Å². The third-order valence-electron chi connectivity index (χ3n) is 3.19. The van der Waals surface area contributed by atoms with Gasteiger partial charge < -0.3 is 5.32 Å². The Labute approximate surface area is 118 Å². The predicted octanol–water partition coefficient (Wildman–Crippen LogP) is 4.64. The Hall–Kier alpha value is -1.38. The molecule has 1 atom stereocenters. The molecule has 100 valence electrons. The lowest BCUT2D eigenvalue weighted by molar-refractivity contribution is 0.567. The standard InChI is InChI=1S/C16H17ClFN/c1-11-5-3-4-6-16(11)12(2)19-10-13-7-14(17)9-15(18)8-13/h3-9,12,19H,10H2,1-2H3. The molecule has 0 aliphatic rings. The van der Waals surface area contributed by atoms with Crippen molar-refractivity contribution in [3.63, 3.8) is 0 Å². The quantitative estimate of drug-likeness (QED) is 0.858. The van der Waals surface area contributed by atoms with Gasteiger partial charge in [0.25, 0.3) is 0 Å². The van der Waals surface area contributed by atoms with Crippen LogP contribution in [-0.4, -0.2) is 0 Å². The molecule has 2 aromatic carbocycles. The van der Waals surface area contributed by atoms with Crippen LogP contribution in [0, 0.1) is 12.7 Å².